The SMILES string of the molecule is CCC(C)Nc1cc(C(C)C)nc2nc(-c3cccnc3)nn12. The van der Waals surface area contributed by atoms with Crippen LogP contribution in [-0.2, 0) is 0 Å². The minimum absolute atomic E-state index is 0.330. The molecule has 3 heterocycles. The van der Waals surface area contributed by atoms with Gasteiger partial charge in [0.15, 0.2) is 5.82 Å². The van der Waals surface area contributed by atoms with E-state index in [1.807, 2.05) is 12.1 Å². The largest absolute Gasteiger partial charge is 0.367 e. The minimum Gasteiger partial charge on any atom is -0.367 e. The van der Waals surface area contributed by atoms with Crippen LogP contribution in [0.1, 0.15) is 45.7 Å². The van der Waals surface area contributed by atoms with Crippen molar-refractivity contribution >= 4 is 11.6 Å². The second-order valence-corrected chi connectivity index (χ2v) is 6.06. The zero-order valence-electron chi connectivity index (χ0n) is 14.0. The average molecular weight is 310 g/mol. The van der Waals surface area contributed by atoms with Crippen LogP contribution in [0.5, 0.6) is 0 Å². The molecular formula is C17H22N6. The minimum atomic E-state index is 0.330. The van der Waals surface area contributed by atoms with Crippen molar-refractivity contribution in [2.45, 2.75) is 46.1 Å². The molecule has 0 spiro atoms. The number of rotatable bonds is 5. The molecule has 120 valence electrons. The normalized spacial score (nSPS) is 12.7. The first-order chi connectivity index (χ1) is 11.1. The maximum Gasteiger partial charge on any atom is 0.254 e. The Morgan fingerprint density at radius 1 is 1.22 bits per heavy atom. The standard InChI is InChI=1S/C17H22N6/c1-5-12(4)19-15-9-14(11(2)3)20-17-21-16(22-23(15)17)13-7-6-8-18-10-13/h6-12,19H,5H2,1-4H3. The monoisotopic (exact) mass is 310 g/mol. The summed E-state index contributed by atoms with van der Waals surface area (Å²) in [5.41, 5.74) is 1.90. The summed E-state index contributed by atoms with van der Waals surface area (Å²) in [7, 11) is 0. The summed E-state index contributed by atoms with van der Waals surface area (Å²) in [6.45, 7) is 8.57. The lowest BCUT2D eigenvalue weighted by Gasteiger charge is -2.15. The van der Waals surface area contributed by atoms with Gasteiger partial charge in [-0.1, -0.05) is 20.8 Å². The molecule has 3 rings (SSSR count). The van der Waals surface area contributed by atoms with Gasteiger partial charge in [-0.05, 0) is 31.4 Å². The Kier molecular flexibility index (Phi) is 4.23. The fraction of sp³-hybridized carbons (Fsp3) is 0.412. The molecule has 6 heteroatoms. The quantitative estimate of drug-likeness (QED) is 0.781. The van der Waals surface area contributed by atoms with E-state index < -0.39 is 0 Å². The highest BCUT2D eigenvalue weighted by Gasteiger charge is 2.15. The van der Waals surface area contributed by atoms with Gasteiger partial charge >= 0.3 is 0 Å². The van der Waals surface area contributed by atoms with Crippen LogP contribution >= 0.6 is 0 Å². The number of nitrogens with zero attached hydrogens (tertiary/aromatic N) is 5. The number of fused-ring (bicyclic) bond motifs is 1. The van der Waals surface area contributed by atoms with Gasteiger partial charge < -0.3 is 5.32 Å². The molecule has 0 radical (unpaired) electrons. The third-order valence-electron chi connectivity index (χ3n) is 3.85. The van der Waals surface area contributed by atoms with E-state index in [1.54, 1.807) is 16.9 Å². The van der Waals surface area contributed by atoms with Crippen molar-refractivity contribution in [1.29, 1.82) is 0 Å². The number of pyridine rings is 1. The van der Waals surface area contributed by atoms with Crippen LogP contribution in [0.2, 0.25) is 0 Å². The van der Waals surface area contributed by atoms with Crippen molar-refractivity contribution < 1.29 is 0 Å². The van der Waals surface area contributed by atoms with Crippen LogP contribution in [-0.4, -0.2) is 30.6 Å². The molecule has 23 heavy (non-hydrogen) atoms. The molecule has 1 unspecified atom stereocenters. The van der Waals surface area contributed by atoms with E-state index in [4.69, 9.17) is 0 Å². The van der Waals surface area contributed by atoms with Crippen molar-refractivity contribution in [1.82, 2.24) is 24.6 Å². The summed E-state index contributed by atoms with van der Waals surface area (Å²) in [5.74, 6) is 2.51. The lowest BCUT2D eigenvalue weighted by atomic mass is 10.1. The molecule has 0 fully saturated rings. The Hall–Kier alpha value is -2.50. The topological polar surface area (TPSA) is 68.0 Å². The lowest BCUT2D eigenvalue weighted by Crippen LogP contribution is -2.17. The second kappa shape index (κ2) is 6.32. The van der Waals surface area contributed by atoms with Crippen molar-refractivity contribution in [3.63, 3.8) is 0 Å². The van der Waals surface area contributed by atoms with Gasteiger partial charge in [0.2, 0.25) is 0 Å². The number of nitrogens with one attached hydrogen (secondary N) is 1. The van der Waals surface area contributed by atoms with Gasteiger partial charge in [-0.15, -0.1) is 5.10 Å². The van der Waals surface area contributed by atoms with E-state index in [0.29, 0.717) is 23.6 Å². The Balaban J connectivity index is 2.13. The first-order valence-corrected chi connectivity index (χ1v) is 8.03. The molecule has 1 atom stereocenters. The van der Waals surface area contributed by atoms with E-state index >= 15 is 0 Å². The van der Waals surface area contributed by atoms with Crippen LogP contribution in [0.15, 0.2) is 30.6 Å². The first-order valence-electron chi connectivity index (χ1n) is 8.03. The molecule has 6 nitrogen and oxygen atoms in total. The van der Waals surface area contributed by atoms with Crippen LogP contribution in [0.3, 0.4) is 0 Å². The van der Waals surface area contributed by atoms with Crippen molar-refractivity contribution in [3.05, 3.63) is 36.3 Å². The highest BCUT2D eigenvalue weighted by Crippen LogP contribution is 2.22. The molecule has 3 aromatic rings. The highest BCUT2D eigenvalue weighted by molar-refractivity contribution is 5.57. The summed E-state index contributed by atoms with van der Waals surface area (Å²) in [6.07, 6.45) is 4.54. The third-order valence-corrected chi connectivity index (χ3v) is 3.85. The zero-order chi connectivity index (χ0) is 16.4. The van der Waals surface area contributed by atoms with Gasteiger partial charge in [0.25, 0.3) is 5.78 Å². The molecule has 0 saturated heterocycles. The summed E-state index contributed by atoms with van der Waals surface area (Å²) < 4.78 is 1.78. The van der Waals surface area contributed by atoms with Gasteiger partial charge in [-0.25, -0.2) is 4.98 Å². The van der Waals surface area contributed by atoms with Crippen molar-refractivity contribution in [2.24, 2.45) is 0 Å². The molecule has 0 aliphatic rings. The molecule has 0 bridgehead atoms. The van der Waals surface area contributed by atoms with Gasteiger partial charge in [-0.2, -0.15) is 9.50 Å². The molecule has 0 aliphatic heterocycles. The van der Waals surface area contributed by atoms with E-state index in [-0.39, 0.29) is 0 Å². The molecule has 0 amide bonds. The van der Waals surface area contributed by atoms with E-state index in [2.05, 4.69) is 59.1 Å². The molecule has 1 N–H and O–H groups in total. The second-order valence-electron chi connectivity index (χ2n) is 6.06. The van der Waals surface area contributed by atoms with Gasteiger partial charge in [0.05, 0.1) is 5.69 Å². The van der Waals surface area contributed by atoms with Crippen LogP contribution < -0.4 is 5.32 Å². The average Bonchev–Trinajstić information content (AvgIpc) is 2.99. The Morgan fingerprint density at radius 2 is 2.04 bits per heavy atom. The number of aromatic nitrogens is 5. The summed E-state index contributed by atoms with van der Waals surface area (Å²) >= 11 is 0. The fourth-order valence-electron chi connectivity index (χ4n) is 2.26. The van der Waals surface area contributed by atoms with Gasteiger partial charge in [0, 0.05) is 30.1 Å². The van der Waals surface area contributed by atoms with Crippen molar-refractivity contribution in [3.8, 4) is 11.4 Å². The van der Waals surface area contributed by atoms with Crippen LogP contribution in [0.25, 0.3) is 17.2 Å². The summed E-state index contributed by atoms with van der Waals surface area (Å²) in [5, 5.41) is 8.11. The molecule has 0 aromatic carbocycles. The van der Waals surface area contributed by atoms with E-state index in [9.17, 15) is 0 Å². The fourth-order valence-corrected chi connectivity index (χ4v) is 2.26. The first kappa shape index (κ1) is 15.4. The van der Waals surface area contributed by atoms with Crippen LogP contribution in [0.4, 0.5) is 5.82 Å². The smallest absolute Gasteiger partial charge is 0.254 e. The molecule has 0 aliphatic carbocycles. The maximum absolute atomic E-state index is 4.64. The summed E-state index contributed by atoms with van der Waals surface area (Å²) in [6, 6.07) is 6.25. The van der Waals surface area contributed by atoms with Gasteiger partial charge in [-0.3, -0.25) is 4.98 Å². The lowest BCUT2D eigenvalue weighted by molar-refractivity contribution is 0.742. The van der Waals surface area contributed by atoms with Crippen molar-refractivity contribution in [2.75, 3.05) is 5.32 Å². The predicted octanol–water partition coefficient (Wildman–Crippen LogP) is 3.52. The number of hydrogen-bond donors (Lipinski definition) is 1. The molecule has 0 saturated carbocycles. The molecular weight excluding hydrogens is 288 g/mol. The number of hydrogen-bond acceptors (Lipinski definition) is 5. The Labute approximate surface area is 136 Å². The number of anilines is 1. The van der Waals surface area contributed by atoms with E-state index in [1.165, 1.54) is 0 Å². The Bertz CT molecular complexity index is 793. The molecule has 3 aromatic heterocycles. The van der Waals surface area contributed by atoms with Gasteiger partial charge in [0.1, 0.15) is 5.82 Å². The third kappa shape index (κ3) is 3.16. The van der Waals surface area contributed by atoms with Crippen LogP contribution in [0, 0.1) is 0 Å². The highest BCUT2D eigenvalue weighted by atomic mass is 15.4. The Morgan fingerprint density at radius 3 is 2.70 bits per heavy atom. The predicted molar refractivity (Wildman–Crippen MR) is 91.5 cm³/mol. The van der Waals surface area contributed by atoms with E-state index in [0.717, 1.165) is 23.5 Å². The maximum atomic E-state index is 4.64. The summed E-state index contributed by atoms with van der Waals surface area (Å²) in [4.78, 5) is 13.4. The zero-order valence-corrected chi connectivity index (χ0v) is 14.0.